The molecule has 0 unspecified atom stereocenters. The summed E-state index contributed by atoms with van der Waals surface area (Å²) in [5, 5.41) is 8.90. The Kier molecular flexibility index (Phi) is 1.66. The third-order valence-corrected chi connectivity index (χ3v) is 1.28. The molecular formula is C7H6BFO. The lowest BCUT2D eigenvalue weighted by atomic mass is 9.94. The molecule has 0 heterocycles. The van der Waals surface area contributed by atoms with E-state index in [4.69, 9.17) is 13.0 Å². The molecule has 10 heavy (non-hydrogen) atoms. The number of phenols is 1. The summed E-state index contributed by atoms with van der Waals surface area (Å²) in [7, 11) is 5.28. The Balaban J connectivity index is 3.31. The minimum atomic E-state index is -0.669. The van der Waals surface area contributed by atoms with Crippen LogP contribution < -0.4 is 5.46 Å². The van der Waals surface area contributed by atoms with Gasteiger partial charge in [-0.1, -0.05) is 11.5 Å². The predicted octanol–water partition coefficient (Wildman–Crippen LogP) is 0.634. The molecule has 1 aromatic carbocycles. The highest BCUT2D eigenvalue weighted by molar-refractivity contribution is 6.32. The molecule has 1 N–H and O–H groups in total. The molecule has 0 saturated heterocycles. The van der Waals surface area contributed by atoms with Crippen molar-refractivity contribution in [1.82, 2.24) is 0 Å². The second-order valence-corrected chi connectivity index (χ2v) is 2.17. The Bertz CT molecular complexity index is 237. The summed E-state index contributed by atoms with van der Waals surface area (Å²) in [6.45, 7) is 1.59. The van der Waals surface area contributed by atoms with Crippen LogP contribution >= 0.6 is 0 Å². The van der Waals surface area contributed by atoms with Crippen LogP contribution in [0.1, 0.15) is 5.56 Å². The van der Waals surface area contributed by atoms with Gasteiger partial charge in [-0.3, -0.25) is 0 Å². The highest BCUT2D eigenvalue weighted by Crippen LogP contribution is 2.17. The van der Waals surface area contributed by atoms with E-state index in [-0.39, 0.29) is 5.75 Å². The first-order valence-corrected chi connectivity index (χ1v) is 2.86. The van der Waals surface area contributed by atoms with E-state index in [0.717, 1.165) is 6.07 Å². The van der Waals surface area contributed by atoms with E-state index in [0.29, 0.717) is 11.0 Å². The second kappa shape index (κ2) is 2.33. The third-order valence-electron chi connectivity index (χ3n) is 1.28. The van der Waals surface area contributed by atoms with E-state index in [1.165, 1.54) is 6.07 Å². The van der Waals surface area contributed by atoms with Gasteiger partial charge in [0, 0.05) is 0 Å². The van der Waals surface area contributed by atoms with Gasteiger partial charge in [0.1, 0.15) is 7.85 Å². The highest BCUT2D eigenvalue weighted by atomic mass is 19.1. The van der Waals surface area contributed by atoms with Crippen molar-refractivity contribution in [3.8, 4) is 5.75 Å². The average Bonchev–Trinajstić information content (AvgIpc) is 1.82. The Labute approximate surface area is 59.9 Å². The number of halogens is 1. The van der Waals surface area contributed by atoms with Gasteiger partial charge in [0.15, 0.2) is 11.6 Å². The standard InChI is InChI=1S/C7H6BFO/c1-4-2-5(8)3-6(9)7(4)10/h2-3,10H,1H3. The molecule has 0 bridgehead atoms. The van der Waals surface area contributed by atoms with Crippen molar-refractivity contribution in [3.63, 3.8) is 0 Å². The monoisotopic (exact) mass is 136 g/mol. The minimum Gasteiger partial charge on any atom is -0.505 e. The van der Waals surface area contributed by atoms with Crippen molar-refractivity contribution in [2.45, 2.75) is 6.92 Å². The lowest BCUT2D eigenvalue weighted by Gasteiger charge is -2.00. The predicted molar refractivity (Wildman–Crippen MR) is 38.2 cm³/mol. The van der Waals surface area contributed by atoms with Crippen LogP contribution in [0.25, 0.3) is 0 Å². The fourth-order valence-electron chi connectivity index (χ4n) is 0.763. The van der Waals surface area contributed by atoms with Crippen LogP contribution in [0.5, 0.6) is 5.75 Å². The number of phenolic OH excluding ortho intramolecular Hbond substituents is 1. The lowest BCUT2D eigenvalue weighted by Crippen LogP contribution is -2.03. The molecule has 0 aromatic heterocycles. The van der Waals surface area contributed by atoms with E-state index in [2.05, 4.69) is 0 Å². The maximum absolute atomic E-state index is 12.5. The van der Waals surface area contributed by atoms with Crippen LogP contribution in [-0.2, 0) is 0 Å². The molecule has 0 amide bonds. The average molecular weight is 136 g/mol. The van der Waals surface area contributed by atoms with Crippen LogP contribution in [0.15, 0.2) is 12.1 Å². The fourth-order valence-corrected chi connectivity index (χ4v) is 0.763. The molecular weight excluding hydrogens is 130 g/mol. The zero-order chi connectivity index (χ0) is 7.72. The number of hydrogen-bond acceptors (Lipinski definition) is 1. The zero-order valence-electron chi connectivity index (χ0n) is 5.56. The summed E-state index contributed by atoms with van der Waals surface area (Å²) in [5.41, 5.74) is 0.783. The number of rotatable bonds is 0. The maximum Gasteiger partial charge on any atom is 0.164 e. The van der Waals surface area contributed by atoms with Gasteiger partial charge < -0.3 is 5.11 Å². The molecule has 50 valence electrons. The second-order valence-electron chi connectivity index (χ2n) is 2.17. The highest BCUT2D eigenvalue weighted by Gasteiger charge is 2.02. The van der Waals surface area contributed by atoms with Gasteiger partial charge in [0.05, 0.1) is 0 Å². The number of aromatic hydroxyl groups is 1. The number of aryl methyl sites for hydroxylation is 1. The molecule has 0 saturated carbocycles. The molecule has 1 nitrogen and oxygen atoms in total. The van der Waals surface area contributed by atoms with Crippen molar-refractivity contribution in [2.24, 2.45) is 0 Å². The minimum absolute atomic E-state index is 0.325. The molecule has 3 heteroatoms. The SMILES string of the molecule is [B]c1cc(C)c(O)c(F)c1. The molecule has 2 radical (unpaired) electrons. The molecule has 0 aliphatic heterocycles. The van der Waals surface area contributed by atoms with Crippen LogP contribution in [0.4, 0.5) is 4.39 Å². The van der Waals surface area contributed by atoms with Gasteiger partial charge in [0.25, 0.3) is 0 Å². The van der Waals surface area contributed by atoms with Crippen molar-refractivity contribution in [3.05, 3.63) is 23.5 Å². The first kappa shape index (κ1) is 7.13. The van der Waals surface area contributed by atoms with Crippen molar-refractivity contribution in [1.29, 1.82) is 0 Å². The summed E-state index contributed by atoms with van der Waals surface area (Å²) >= 11 is 0. The number of benzene rings is 1. The zero-order valence-corrected chi connectivity index (χ0v) is 5.56. The van der Waals surface area contributed by atoms with Crippen LogP contribution in [0.3, 0.4) is 0 Å². The smallest absolute Gasteiger partial charge is 0.164 e. The normalized spacial score (nSPS) is 9.80. The van der Waals surface area contributed by atoms with Gasteiger partial charge in [-0.2, -0.15) is 0 Å². The Morgan fingerprint density at radius 3 is 2.60 bits per heavy atom. The van der Waals surface area contributed by atoms with Crippen molar-refractivity contribution in [2.75, 3.05) is 0 Å². The quantitative estimate of drug-likeness (QED) is 0.518. The van der Waals surface area contributed by atoms with Crippen molar-refractivity contribution < 1.29 is 9.50 Å². The van der Waals surface area contributed by atoms with Crippen LogP contribution in [0.2, 0.25) is 0 Å². The fraction of sp³-hybridized carbons (Fsp3) is 0.143. The van der Waals surface area contributed by atoms with Crippen LogP contribution in [0, 0.1) is 12.7 Å². The van der Waals surface area contributed by atoms with E-state index in [9.17, 15) is 4.39 Å². The Morgan fingerprint density at radius 2 is 2.10 bits per heavy atom. The third kappa shape index (κ3) is 1.13. The van der Waals surface area contributed by atoms with Crippen LogP contribution in [-0.4, -0.2) is 13.0 Å². The van der Waals surface area contributed by atoms with Gasteiger partial charge in [0.2, 0.25) is 0 Å². The van der Waals surface area contributed by atoms with E-state index < -0.39 is 5.82 Å². The molecule has 1 aromatic rings. The number of hydrogen-bond donors (Lipinski definition) is 1. The first-order valence-electron chi connectivity index (χ1n) is 2.86. The van der Waals surface area contributed by atoms with Gasteiger partial charge >= 0.3 is 0 Å². The molecule has 0 fully saturated rings. The molecule has 0 aliphatic rings. The molecule has 0 aliphatic carbocycles. The summed E-state index contributed by atoms with van der Waals surface area (Å²) in [6, 6.07) is 2.60. The summed E-state index contributed by atoms with van der Waals surface area (Å²) in [4.78, 5) is 0. The van der Waals surface area contributed by atoms with E-state index in [1.807, 2.05) is 0 Å². The van der Waals surface area contributed by atoms with Gasteiger partial charge in [-0.25, -0.2) is 4.39 Å². The Hall–Kier alpha value is -0.985. The van der Waals surface area contributed by atoms with Crippen molar-refractivity contribution >= 4 is 13.3 Å². The molecule has 1 rings (SSSR count). The Morgan fingerprint density at radius 1 is 1.50 bits per heavy atom. The largest absolute Gasteiger partial charge is 0.505 e. The first-order chi connectivity index (χ1) is 4.61. The van der Waals surface area contributed by atoms with Gasteiger partial charge in [-0.15, -0.1) is 0 Å². The summed E-state index contributed by atoms with van der Waals surface area (Å²) in [5.74, 6) is -0.994. The summed E-state index contributed by atoms with van der Waals surface area (Å²) in [6.07, 6.45) is 0. The van der Waals surface area contributed by atoms with E-state index >= 15 is 0 Å². The lowest BCUT2D eigenvalue weighted by molar-refractivity contribution is 0.429. The molecule has 0 spiro atoms. The van der Waals surface area contributed by atoms with E-state index in [1.54, 1.807) is 6.92 Å². The van der Waals surface area contributed by atoms with Gasteiger partial charge in [-0.05, 0) is 18.6 Å². The molecule has 0 atom stereocenters. The topological polar surface area (TPSA) is 20.2 Å². The summed E-state index contributed by atoms with van der Waals surface area (Å²) < 4.78 is 12.5. The maximum atomic E-state index is 12.5.